The second-order valence-electron chi connectivity index (χ2n) is 2.56. The summed E-state index contributed by atoms with van der Waals surface area (Å²) >= 11 is 10.8. The van der Waals surface area contributed by atoms with E-state index in [0.717, 1.165) is 34.0 Å². The molecule has 72 valence electrons. The third-order valence-electron chi connectivity index (χ3n) is 1.46. The van der Waals surface area contributed by atoms with Crippen LogP contribution in [0.4, 0.5) is 0 Å². The molecule has 0 saturated carbocycles. The molecule has 1 aromatic heterocycles. The Morgan fingerprint density at radius 1 is 1.46 bits per heavy atom. The van der Waals surface area contributed by atoms with Gasteiger partial charge in [0.05, 0.1) is 5.69 Å². The first-order valence-corrected chi connectivity index (χ1v) is 6.55. The molecule has 0 aromatic carbocycles. The third kappa shape index (κ3) is 4.89. The highest BCUT2D eigenvalue weighted by atomic mass is 79.9. The number of hydrogen-bond acceptors (Lipinski definition) is 2. The number of nitrogens with zero attached hydrogens (tertiary/aromatic N) is 1. The van der Waals surface area contributed by atoms with E-state index in [9.17, 15) is 0 Å². The van der Waals surface area contributed by atoms with Gasteiger partial charge in [-0.3, -0.25) is 4.98 Å². The molecule has 0 fully saturated rings. The third-order valence-corrected chi connectivity index (χ3v) is 3.27. The number of aromatic nitrogens is 1. The summed E-state index contributed by atoms with van der Waals surface area (Å²) in [5, 5.41) is 0. The van der Waals surface area contributed by atoms with E-state index in [1.54, 1.807) is 0 Å². The zero-order valence-electron chi connectivity index (χ0n) is 7.17. The summed E-state index contributed by atoms with van der Waals surface area (Å²) in [5.41, 5.74) is 1.13. The van der Waals surface area contributed by atoms with Crippen LogP contribution in [0.5, 0.6) is 0 Å². The lowest BCUT2D eigenvalue weighted by Crippen LogP contribution is -1.87. The maximum Gasteiger partial charge on any atom is 0.0503 e. The summed E-state index contributed by atoms with van der Waals surface area (Å²) in [6.07, 6.45) is 2.90. The fraction of sp³-hybridized carbons (Fsp3) is 0.444. The largest absolute Gasteiger partial charge is 0.259 e. The predicted octanol–water partition coefficient (Wildman–Crippen LogP) is 3.71. The Kier molecular flexibility index (Phi) is 5.83. The molecule has 4 heteroatoms. The summed E-state index contributed by atoms with van der Waals surface area (Å²) in [7, 11) is 0. The van der Waals surface area contributed by atoms with Crippen molar-refractivity contribution in [3.05, 3.63) is 28.5 Å². The summed E-state index contributed by atoms with van der Waals surface area (Å²) in [6.45, 7) is 0. The Morgan fingerprint density at radius 2 is 2.31 bits per heavy atom. The number of hydrogen-bond donors (Lipinski definition) is 0. The lowest BCUT2D eigenvalue weighted by molar-refractivity contribution is 1.10. The Morgan fingerprint density at radius 3 is 2.92 bits per heavy atom. The highest BCUT2D eigenvalue weighted by molar-refractivity contribution is 9.10. The van der Waals surface area contributed by atoms with Gasteiger partial charge in [0.15, 0.2) is 0 Å². The average molecular weight is 281 g/mol. The summed E-state index contributed by atoms with van der Waals surface area (Å²) in [4.78, 5) is 4.28. The first-order valence-electron chi connectivity index (χ1n) is 4.07. The first kappa shape index (κ1) is 11.3. The standard InChI is InChI=1S/C9H11BrClNS/c10-8-2-3-9(12-6-8)7-13-5-1-4-11/h2-3,6H,1,4-5,7H2. The van der Waals surface area contributed by atoms with Gasteiger partial charge in [-0.2, -0.15) is 11.8 Å². The molecule has 13 heavy (non-hydrogen) atoms. The fourth-order valence-corrected chi connectivity index (χ4v) is 2.22. The van der Waals surface area contributed by atoms with Crippen LogP contribution in [0.25, 0.3) is 0 Å². The average Bonchev–Trinajstić information content (AvgIpc) is 2.15. The predicted molar refractivity (Wildman–Crippen MR) is 63.4 cm³/mol. The van der Waals surface area contributed by atoms with Crippen molar-refractivity contribution in [2.24, 2.45) is 0 Å². The highest BCUT2D eigenvalue weighted by Gasteiger charge is 1.94. The van der Waals surface area contributed by atoms with Crippen molar-refractivity contribution in [1.82, 2.24) is 4.98 Å². The minimum Gasteiger partial charge on any atom is -0.259 e. The van der Waals surface area contributed by atoms with E-state index in [4.69, 9.17) is 11.6 Å². The van der Waals surface area contributed by atoms with Crippen LogP contribution in [0, 0.1) is 0 Å². The molecule has 0 aliphatic rings. The van der Waals surface area contributed by atoms with Gasteiger partial charge >= 0.3 is 0 Å². The van der Waals surface area contributed by atoms with Crippen molar-refractivity contribution in [2.45, 2.75) is 12.2 Å². The second-order valence-corrected chi connectivity index (χ2v) is 4.96. The van der Waals surface area contributed by atoms with Crippen LogP contribution in [-0.4, -0.2) is 16.6 Å². The van der Waals surface area contributed by atoms with E-state index in [-0.39, 0.29) is 0 Å². The van der Waals surface area contributed by atoms with Gasteiger partial charge in [0.2, 0.25) is 0 Å². The van der Waals surface area contributed by atoms with E-state index in [1.807, 2.05) is 30.1 Å². The fourth-order valence-electron chi connectivity index (χ4n) is 0.825. The van der Waals surface area contributed by atoms with Crippen LogP contribution in [0.1, 0.15) is 12.1 Å². The van der Waals surface area contributed by atoms with Crippen molar-refractivity contribution in [1.29, 1.82) is 0 Å². The molecule has 0 atom stereocenters. The van der Waals surface area contributed by atoms with Crippen molar-refractivity contribution >= 4 is 39.3 Å². The zero-order valence-corrected chi connectivity index (χ0v) is 10.3. The molecule has 0 saturated heterocycles. The quantitative estimate of drug-likeness (QED) is 0.602. The molecular formula is C9H11BrClNS. The first-order chi connectivity index (χ1) is 6.33. The number of halogens is 2. The molecule has 1 heterocycles. The second kappa shape index (κ2) is 6.68. The number of pyridine rings is 1. The molecule has 0 spiro atoms. The molecule has 0 aliphatic heterocycles. The summed E-state index contributed by atoms with van der Waals surface area (Å²) in [6, 6.07) is 4.06. The smallest absolute Gasteiger partial charge is 0.0503 e. The van der Waals surface area contributed by atoms with E-state index in [1.165, 1.54) is 0 Å². The molecular weight excluding hydrogens is 270 g/mol. The Hall–Kier alpha value is 0.270. The Balaban J connectivity index is 2.25. The van der Waals surface area contributed by atoms with Gasteiger partial charge in [0.25, 0.3) is 0 Å². The Bertz CT molecular complexity index is 240. The van der Waals surface area contributed by atoms with Crippen LogP contribution >= 0.6 is 39.3 Å². The molecule has 1 nitrogen and oxygen atoms in total. The van der Waals surface area contributed by atoms with Gasteiger partial charge in [-0.1, -0.05) is 0 Å². The van der Waals surface area contributed by atoms with Crippen molar-refractivity contribution in [2.75, 3.05) is 11.6 Å². The monoisotopic (exact) mass is 279 g/mol. The SMILES string of the molecule is ClCCCSCc1ccc(Br)cn1. The topological polar surface area (TPSA) is 12.9 Å². The van der Waals surface area contributed by atoms with E-state index >= 15 is 0 Å². The van der Waals surface area contributed by atoms with Crippen LogP contribution in [0.2, 0.25) is 0 Å². The molecule has 0 bridgehead atoms. The van der Waals surface area contributed by atoms with Gasteiger partial charge in [-0.25, -0.2) is 0 Å². The van der Waals surface area contributed by atoms with Crippen LogP contribution in [-0.2, 0) is 5.75 Å². The number of alkyl halides is 1. The van der Waals surface area contributed by atoms with Crippen molar-refractivity contribution < 1.29 is 0 Å². The molecule has 1 aromatic rings. The van der Waals surface area contributed by atoms with Crippen LogP contribution in [0.15, 0.2) is 22.8 Å². The molecule has 0 amide bonds. The zero-order chi connectivity index (χ0) is 9.52. The number of rotatable bonds is 5. The van der Waals surface area contributed by atoms with Gasteiger partial charge in [-0.05, 0) is 40.2 Å². The highest BCUT2D eigenvalue weighted by Crippen LogP contribution is 2.13. The Labute approximate surface area is 96.4 Å². The molecule has 0 N–H and O–H groups in total. The van der Waals surface area contributed by atoms with Crippen LogP contribution < -0.4 is 0 Å². The van der Waals surface area contributed by atoms with Gasteiger partial charge < -0.3 is 0 Å². The maximum absolute atomic E-state index is 5.57. The van der Waals surface area contributed by atoms with Crippen LogP contribution in [0.3, 0.4) is 0 Å². The summed E-state index contributed by atoms with van der Waals surface area (Å²) in [5.74, 6) is 2.84. The van der Waals surface area contributed by atoms with Crippen molar-refractivity contribution in [3.8, 4) is 0 Å². The van der Waals surface area contributed by atoms with E-state index in [0.29, 0.717) is 0 Å². The molecule has 0 radical (unpaired) electrons. The van der Waals surface area contributed by atoms with Gasteiger partial charge in [0, 0.05) is 22.3 Å². The lowest BCUT2D eigenvalue weighted by atomic mass is 10.4. The van der Waals surface area contributed by atoms with Gasteiger partial charge in [0.1, 0.15) is 0 Å². The van der Waals surface area contributed by atoms with Gasteiger partial charge in [-0.15, -0.1) is 11.6 Å². The van der Waals surface area contributed by atoms with E-state index < -0.39 is 0 Å². The van der Waals surface area contributed by atoms with E-state index in [2.05, 4.69) is 20.9 Å². The molecule has 0 unspecified atom stereocenters. The van der Waals surface area contributed by atoms with Crippen molar-refractivity contribution in [3.63, 3.8) is 0 Å². The maximum atomic E-state index is 5.57. The minimum absolute atomic E-state index is 0.751. The minimum atomic E-state index is 0.751. The lowest BCUT2D eigenvalue weighted by Gasteiger charge is -1.99. The number of thioether (sulfide) groups is 1. The normalized spacial score (nSPS) is 10.3. The summed E-state index contributed by atoms with van der Waals surface area (Å²) < 4.78 is 1.03. The molecule has 1 rings (SSSR count). The molecule has 0 aliphatic carbocycles.